The maximum absolute atomic E-state index is 11.1. The summed E-state index contributed by atoms with van der Waals surface area (Å²) in [6, 6.07) is 3.04. The first-order chi connectivity index (χ1) is 8.14. The Bertz CT molecular complexity index is 467. The Kier molecular flexibility index (Phi) is 5.24. The Balaban J connectivity index is 3.46. The molecule has 0 bridgehead atoms. The van der Waals surface area contributed by atoms with Crippen LogP contribution >= 0.6 is 46.6 Å². The predicted octanol–water partition coefficient (Wildman–Crippen LogP) is 5.02. The van der Waals surface area contributed by atoms with Gasteiger partial charge in [-0.1, -0.05) is 54.7 Å². The molecule has 100 valence electrons. The van der Waals surface area contributed by atoms with E-state index in [2.05, 4.69) is 0 Å². The molecule has 0 radical (unpaired) electrons. The number of hydrogen-bond donors (Lipinski definition) is 1. The topological polar surface area (TPSA) is 37.3 Å². The van der Waals surface area contributed by atoms with E-state index >= 15 is 0 Å². The SMILES string of the molecule is Cc1c(C(=O)O)ccc(C(Cl)(Cl)Cl)c1SC(C)C. The third kappa shape index (κ3) is 3.70. The number of carbonyl (C=O) groups is 1. The fourth-order valence-corrected chi connectivity index (χ4v) is 3.28. The van der Waals surface area contributed by atoms with Crippen molar-refractivity contribution in [1.29, 1.82) is 0 Å². The fourth-order valence-electron chi connectivity index (χ4n) is 1.53. The highest BCUT2D eigenvalue weighted by molar-refractivity contribution is 8.00. The van der Waals surface area contributed by atoms with E-state index < -0.39 is 9.76 Å². The molecule has 1 aromatic rings. The summed E-state index contributed by atoms with van der Waals surface area (Å²) in [7, 11) is 0. The van der Waals surface area contributed by atoms with Crippen LogP contribution in [-0.4, -0.2) is 16.3 Å². The van der Waals surface area contributed by atoms with Crippen LogP contribution in [0.1, 0.15) is 35.3 Å². The van der Waals surface area contributed by atoms with Gasteiger partial charge in [0.15, 0.2) is 0 Å². The lowest BCUT2D eigenvalue weighted by molar-refractivity contribution is 0.0696. The summed E-state index contributed by atoms with van der Waals surface area (Å²) < 4.78 is -1.56. The molecule has 6 heteroatoms. The van der Waals surface area contributed by atoms with Crippen LogP contribution < -0.4 is 0 Å². The van der Waals surface area contributed by atoms with E-state index in [0.717, 1.165) is 4.90 Å². The zero-order chi connectivity index (χ0) is 14.1. The Morgan fingerprint density at radius 3 is 2.28 bits per heavy atom. The lowest BCUT2D eigenvalue weighted by Gasteiger charge is -2.20. The number of thioether (sulfide) groups is 1. The zero-order valence-electron chi connectivity index (χ0n) is 10.1. The van der Waals surface area contributed by atoms with E-state index in [4.69, 9.17) is 39.9 Å². The molecule has 0 saturated carbocycles. The highest BCUT2D eigenvalue weighted by Crippen LogP contribution is 2.45. The molecule has 0 aliphatic heterocycles. The molecule has 1 N–H and O–H groups in total. The maximum Gasteiger partial charge on any atom is 0.335 e. The van der Waals surface area contributed by atoms with Gasteiger partial charge in [0.2, 0.25) is 3.79 Å². The number of aromatic carboxylic acids is 1. The number of alkyl halides is 3. The first-order valence-corrected chi connectivity index (χ1v) is 7.26. The van der Waals surface area contributed by atoms with Gasteiger partial charge < -0.3 is 5.11 Å². The van der Waals surface area contributed by atoms with Gasteiger partial charge in [0.25, 0.3) is 0 Å². The fraction of sp³-hybridized carbons (Fsp3) is 0.417. The third-order valence-corrected chi connectivity index (χ3v) is 4.14. The number of carboxylic acids is 1. The standard InChI is InChI=1S/C12H13Cl3O2S/c1-6(2)18-10-7(3)8(11(16)17)4-5-9(10)12(13,14)15/h4-6H,1-3H3,(H,16,17). The Labute approximate surface area is 126 Å². The number of rotatable bonds is 3. The van der Waals surface area contributed by atoms with Crippen molar-refractivity contribution in [1.82, 2.24) is 0 Å². The van der Waals surface area contributed by atoms with Gasteiger partial charge in [-0.15, -0.1) is 11.8 Å². The molecule has 0 aromatic heterocycles. The van der Waals surface area contributed by atoms with Gasteiger partial charge in [0, 0.05) is 15.7 Å². The molecule has 0 saturated heterocycles. The minimum absolute atomic E-state index is 0.233. The van der Waals surface area contributed by atoms with E-state index in [0.29, 0.717) is 11.1 Å². The number of benzene rings is 1. The average molecular weight is 328 g/mol. The average Bonchev–Trinajstić information content (AvgIpc) is 2.17. The molecule has 0 fully saturated rings. The molecular formula is C12H13Cl3O2S. The van der Waals surface area contributed by atoms with Gasteiger partial charge in [-0.3, -0.25) is 0 Å². The van der Waals surface area contributed by atoms with Gasteiger partial charge >= 0.3 is 5.97 Å². The summed E-state index contributed by atoms with van der Waals surface area (Å²) >= 11 is 19.3. The second-order valence-corrected chi connectivity index (χ2v) is 7.95. The van der Waals surface area contributed by atoms with E-state index in [1.54, 1.807) is 13.0 Å². The van der Waals surface area contributed by atoms with E-state index in [1.165, 1.54) is 17.8 Å². The zero-order valence-corrected chi connectivity index (χ0v) is 13.2. The number of carboxylic acid groups (broad SMARTS) is 1. The van der Waals surface area contributed by atoms with E-state index in [-0.39, 0.29) is 10.8 Å². The van der Waals surface area contributed by atoms with Gasteiger partial charge in [-0.2, -0.15) is 0 Å². The lowest BCUT2D eigenvalue weighted by Crippen LogP contribution is -2.09. The monoisotopic (exact) mass is 326 g/mol. The van der Waals surface area contributed by atoms with Crippen molar-refractivity contribution in [2.75, 3.05) is 0 Å². The van der Waals surface area contributed by atoms with Crippen LogP contribution in [-0.2, 0) is 3.79 Å². The molecule has 0 atom stereocenters. The number of hydrogen-bond acceptors (Lipinski definition) is 2. The largest absolute Gasteiger partial charge is 0.478 e. The summed E-state index contributed by atoms with van der Waals surface area (Å²) in [5.41, 5.74) is 1.38. The van der Waals surface area contributed by atoms with Crippen molar-refractivity contribution in [3.8, 4) is 0 Å². The first kappa shape index (κ1) is 16.0. The predicted molar refractivity (Wildman–Crippen MR) is 78.4 cm³/mol. The molecule has 0 aliphatic rings. The van der Waals surface area contributed by atoms with Crippen LogP contribution in [0.2, 0.25) is 0 Å². The lowest BCUT2D eigenvalue weighted by atomic mass is 10.1. The summed E-state index contributed by atoms with van der Waals surface area (Å²) in [4.78, 5) is 11.8. The van der Waals surface area contributed by atoms with Crippen LogP contribution in [0.4, 0.5) is 0 Å². The highest BCUT2D eigenvalue weighted by atomic mass is 35.6. The maximum atomic E-state index is 11.1. The van der Waals surface area contributed by atoms with Gasteiger partial charge in [-0.25, -0.2) is 4.79 Å². The smallest absolute Gasteiger partial charge is 0.335 e. The van der Waals surface area contributed by atoms with Crippen LogP contribution in [0.5, 0.6) is 0 Å². The van der Waals surface area contributed by atoms with Crippen molar-refractivity contribution in [2.24, 2.45) is 0 Å². The van der Waals surface area contributed by atoms with Crippen molar-refractivity contribution in [2.45, 2.75) is 34.7 Å². The van der Waals surface area contributed by atoms with Crippen molar-refractivity contribution >= 4 is 52.5 Å². The summed E-state index contributed by atoms with van der Waals surface area (Å²) in [5.74, 6) is -0.978. The minimum Gasteiger partial charge on any atom is -0.478 e. The molecule has 18 heavy (non-hydrogen) atoms. The van der Waals surface area contributed by atoms with Crippen LogP contribution in [0.3, 0.4) is 0 Å². The first-order valence-electron chi connectivity index (χ1n) is 5.25. The molecular weight excluding hydrogens is 315 g/mol. The Morgan fingerprint density at radius 1 is 1.33 bits per heavy atom. The van der Waals surface area contributed by atoms with Gasteiger partial charge in [0.1, 0.15) is 0 Å². The quantitative estimate of drug-likeness (QED) is 0.625. The summed E-state index contributed by atoms with van der Waals surface area (Å²) in [6.07, 6.45) is 0. The van der Waals surface area contributed by atoms with Gasteiger partial charge in [-0.05, 0) is 18.6 Å². The molecule has 1 aromatic carbocycles. The molecule has 0 amide bonds. The normalized spacial score (nSPS) is 11.9. The minimum atomic E-state index is -1.56. The molecule has 0 heterocycles. The Hall–Kier alpha value is -0.0900. The molecule has 2 nitrogen and oxygen atoms in total. The van der Waals surface area contributed by atoms with Crippen LogP contribution in [0.15, 0.2) is 17.0 Å². The summed E-state index contributed by atoms with van der Waals surface area (Å²) in [6.45, 7) is 5.73. The Morgan fingerprint density at radius 2 is 1.89 bits per heavy atom. The second kappa shape index (κ2) is 5.91. The molecule has 0 unspecified atom stereocenters. The van der Waals surface area contributed by atoms with Crippen LogP contribution in [0.25, 0.3) is 0 Å². The van der Waals surface area contributed by atoms with Crippen molar-refractivity contribution in [3.63, 3.8) is 0 Å². The van der Waals surface area contributed by atoms with Crippen LogP contribution in [0, 0.1) is 6.92 Å². The molecule has 1 rings (SSSR count). The molecule has 0 spiro atoms. The van der Waals surface area contributed by atoms with Gasteiger partial charge in [0.05, 0.1) is 5.56 Å². The highest BCUT2D eigenvalue weighted by Gasteiger charge is 2.29. The van der Waals surface area contributed by atoms with Crippen molar-refractivity contribution in [3.05, 3.63) is 28.8 Å². The number of halogens is 3. The third-order valence-electron chi connectivity index (χ3n) is 2.30. The second-order valence-electron chi connectivity index (χ2n) is 4.08. The van der Waals surface area contributed by atoms with Crippen molar-refractivity contribution < 1.29 is 9.90 Å². The molecule has 0 aliphatic carbocycles. The van der Waals surface area contributed by atoms with E-state index in [1.807, 2.05) is 13.8 Å². The van der Waals surface area contributed by atoms with E-state index in [9.17, 15) is 4.79 Å². The summed E-state index contributed by atoms with van der Waals surface area (Å²) in [5, 5.41) is 9.37.